The van der Waals surface area contributed by atoms with Gasteiger partial charge >= 0.3 is 0 Å². The minimum absolute atomic E-state index is 0.0885. The van der Waals surface area contributed by atoms with Crippen LogP contribution in [0, 0.1) is 13.8 Å². The maximum Gasteiger partial charge on any atom is 0.264 e. The molecule has 3 aromatic carbocycles. The molecule has 0 saturated heterocycles. The Morgan fingerprint density at radius 1 is 0.892 bits per heavy atom. The van der Waals surface area contributed by atoms with Crippen LogP contribution in [0.3, 0.4) is 0 Å². The highest BCUT2D eigenvalue weighted by molar-refractivity contribution is 7.92. The summed E-state index contributed by atoms with van der Waals surface area (Å²) in [6.45, 7) is 7.66. The highest BCUT2D eigenvalue weighted by atomic mass is 32.2. The number of anilines is 1. The molecule has 0 heterocycles. The maximum absolute atomic E-state index is 14.0. The van der Waals surface area contributed by atoms with Gasteiger partial charge in [-0.2, -0.15) is 0 Å². The van der Waals surface area contributed by atoms with E-state index in [1.165, 1.54) is 17.0 Å². The molecule has 1 N–H and O–H groups in total. The Labute approximate surface area is 220 Å². The Kier molecular flexibility index (Phi) is 9.47. The van der Waals surface area contributed by atoms with Crippen molar-refractivity contribution >= 4 is 27.5 Å². The summed E-state index contributed by atoms with van der Waals surface area (Å²) in [5.74, 6) is -0.720. The second-order valence-corrected chi connectivity index (χ2v) is 10.8. The molecule has 0 aromatic heterocycles. The molecule has 0 saturated carbocycles. The summed E-state index contributed by atoms with van der Waals surface area (Å²) < 4.78 is 28.7. The standard InChI is InChI=1S/C29H35N3O4S/c1-5-27(29(34)30-6-2)31(20-24-15-11-10-14-23(24)4)28(33)21-32(25-16-12-13-22(3)19-25)37(35,36)26-17-8-7-9-18-26/h7-19,27H,5-6,20-21H2,1-4H3,(H,30,34). The molecule has 1 unspecified atom stereocenters. The number of hydrogen-bond acceptors (Lipinski definition) is 4. The fourth-order valence-electron chi connectivity index (χ4n) is 4.21. The number of hydrogen-bond donors (Lipinski definition) is 1. The maximum atomic E-state index is 14.0. The van der Waals surface area contributed by atoms with Crippen LogP contribution in [0.4, 0.5) is 5.69 Å². The van der Waals surface area contributed by atoms with Gasteiger partial charge in [-0.3, -0.25) is 13.9 Å². The first-order valence-electron chi connectivity index (χ1n) is 12.4. The van der Waals surface area contributed by atoms with E-state index in [-0.39, 0.29) is 17.3 Å². The lowest BCUT2D eigenvalue weighted by atomic mass is 10.1. The molecule has 3 aromatic rings. The Balaban J connectivity index is 2.06. The number of sulfonamides is 1. The zero-order valence-corrected chi connectivity index (χ0v) is 22.7. The van der Waals surface area contributed by atoms with Crippen molar-refractivity contribution in [3.63, 3.8) is 0 Å². The average Bonchev–Trinajstić information content (AvgIpc) is 2.88. The topological polar surface area (TPSA) is 86.8 Å². The van der Waals surface area contributed by atoms with Crippen LogP contribution in [0.2, 0.25) is 0 Å². The number of nitrogens with zero attached hydrogens (tertiary/aromatic N) is 2. The number of benzene rings is 3. The van der Waals surface area contributed by atoms with Crippen molar-refractivity contribution in [1.29, 1.82) is 0 Å². The van der Waals surface area contributed by atoms with Crippen molar-refractivity contribution < 1.29 is 18.0 Å². The first-order chi connectivity index (χ1) is 17.7. The summed E-state index contributed by atoms with van der Waals surface area (Å²) in [7, 11) is -4.06. The van der Waals surface area contributed by atoms with E-state index in [2.05, 4.69) is 5.32 Å². The fourth-order valence-corrected chi connectivity index (χ4v) is 5.64. The lowest BCUT2D eigenvalue weighted by Gasteiger charge is -2.33. The lowest BCUT2D eigenvalue weighted by molar-refractivity contribution is -0.140. The molecule has 2 amide bonds. The van der Waals surface area contributed by atoms with E-state index in [0.717, 1.165) is 21.0 Å². The predicted octanol–water partition coefficient (Wildman–Crippen LogP) is 4.44. The SMILES string of the molecule is CCNC(=O)C(CC)N(Cc1ccccc1C)C(=O)CN(c1cccc(C)c1)S(=O)(=O)c1ccccc1. The normalized spacial score (nSPS) is 12.0. The second kappa shape index (κ2) is 12.5. The summed E-state index contributed by atoms with van der Waals surface area (Å²) in [5.41, 5.74) is 3.13. The van der Waals surface area contributed by atoms with Crippen LogP contribution in [-0.4, -0.2) is 44.3 Å². The highest BCUT2D eigenvalue weighted by Crippen LogP contribution is 2.25. The van der Waals surface area contributed by atoms with Crippen LogP contribution < -0.4 is 9.62 Å². The molecule has 0 aliphatic carbocycles. The quantitative estimate of drug-likeness (QED) is 0.404. The summed E-state index contributed by atoms with van der Waals surface area (Å²) in [6.07, 6.45) is 0.388. The number of likely N-dealkylation sites (N-methyl/N-ethyl adjacent to an activating group) is 1. The average molecular weight is 522 g/mol. The molecular formula is C29H35N3O4S. The van der Waals surface area contributed by atoms with Gasteiger partial charge in [0, 0.05) is 13.1 Å². The Morgan fingerprint density at radius 3 is 2.19 bits per heavy atom. The Hall–Kier alpha value is -3.65. The third kappa shape index (κ3) is 6.77. The van der Waals surface area contributed by atoms with Crippen molar-refractivity contribution in [3.05, 3.63) is 95.6 Å². The molecule has 0 aliphatic heterocycles. The van der Waals surface area contributed by atoms with Gasteiger partial charge < -0.3 is 10.2 Å². The molecule has 0 fully saturated rings. The smallest absolute Gasteiger partial charge is 0.264 e. The number of aryl methyl sites for hydroxylation is 2. The third-order valence-electron chi connectivity index (χ3n) is 6.24. The number of carbonyl (C=O) groups is 2. The van der Waals surface area contributed by atoms with Gasteiger partial charge in [0.25, 0.3) is 10.0 Å². The first kappa shape index (κ1) is 27.9. The van der Waals surface area contributed by atoms with Crippen LogP contribution >= 0.6 is 0 Å². The van der Waals surface area contributed by atoms with Crippen molar-refractivity contribution in [2.75, 3.05) is 17.4 Å². The van der Waals surface area contributed by atoms with Gasteiger partial charge in [0.15, 0.2) is 0 Å². The molecule has 3 rings (SSSR count). The molecule has 7 nitrogen and oxygen atoms in total. The molecule has 0 bridgehead atoms. The second-order valence-electron chi connectivity index (χ2n) is 8.93. The van der Waals surface area contributed by atoms with Crippen molar-refractivity contribution in [1.82, 2.24) is 10.2 Å². The Morgan fingerprint density at radius 2 is 1.57 bits per heavy atom. The molecule has 8 heteroatoms. The van der Waals surface area contributed by atoms with Crippen LogP contribution in [0.15, 0.2) is 83.8 Å². The van der Waals surface area contributed by atoms with Crippen molar-refractivity contribution in [3.8, 4) is 0 Å². The molecular weight excluding hydrogens is 486 g/mol. The van der Waals surface area contributed by atoms with Crippen LogP contribution in [0.1, 0.15) is 37.0 Å². The van der Waals surface area contributed by atoms with Crippen molar-refractivity contribution in [2.24, 2.45) is 0 Å². The van der Waals surface area contributed by atoms with Gasteiger partial charge in [0.1, 0.15) is 12.6 Å². The summed E-state index contributed by atoms with van der Waals surface area (Å²) in [5, 5.41) is 2.82. The Bertz CT molecular complexity index is 1330. The van der Waals surface area contributed by atoms with Gasteiger partial charge in [-0.15, -0.1) is 0 Å². The number of amides is 2. The van der Waals surface area contributed by atoms with E-state index in [9.17, 15) is 18.0 Å². The molecule has 196 valence electrons. The largest absolute Gasteiger partial charge is 0.355 e. The number of nitrogens with one attached hydrogen (secondary N) is 1. The summed E-state index contributed by atoms with van der Waals surface area (Å²) in [6, 6.07) is 22.0. The van der Waals surface area contributed by atoms with Crippen LogP contribution in [0.25, 0.3) is 0 Å². The van der Waals surface area contributed by atoms with E-state index >= 15 is 0 Å². The zero-order chi connectivity index (χ0) is 27.0. The molecule has 1 atom stereocenters. The molecule has 0 spiro atoms. The van der Waals surface area contributed by atoms with Crippen molar-refractivity contribution in [2.45, 2.75) is 51.6 Å². The summed E-state index contributed by atoms with van der Waals surface area (Å²) >= 11 is 0. The van der Waals surface area contributed by atoms with E-state index in [4.69, 9.17) is 0 Å². The lowest BCUT2D eigenvalue weighted by Crippen LogP contribution is -2.52. The minimum atomic E-state index is -4.06. The van der Waals surface area contributed by atoms with E-state index < -0.39 is 28.5 Å². The monoisotopic (exact) mass is 521 g/mol. The van der Waals surface area contributed by atoms with E-state index in [1.54, 1.807) is 36.4 Å². The van der Waals surface area contributed by atoms with Gasteiger partial charge in [-0.1, -0.05) is 61.5 Å². The zero-order valence-electron chi connectivity index (χ0n) is 21.8. The molecule has 0 radical (unpaired) electrons. The van der Waals surface area contributed by atoms with Gasteiger partial charge in [-0.25, -0.2) is 8.42 Å². The first-order valence-corrected chi connectivity index (χ1v) is 13.9. The van der Waals surface area contributed by atoms with Gasteiger partial charge in [0.05, 0.1) is 10.6 Å². The van der Waals surface area contributed by atoms with Gasteiger partial charge in [-0.05, 0) is 68.1 Å². The third-order valence-corrected chi connectivity index (χ3v) is 8.03. The van der Waals surface area contributed by atoms with E-state index in [0.29, 0.717) is 18.7 Å². The van der Waals surface area contributed by atoms with Crippen LogP contribution in [0.5, 0.6) is 0 Å². The van der Waals surface area contributed by atoms with Gasteiger partial charge in [0.2, 0.25) is 11.8 Å². The molecule has 0 aliphatic rings. The minimum Gasteiger partial charge on any atom is -0.355 e. The van der Waals surface area contributed by atoms with Crippen LogP contribution in [-0.2, 0) is 26.2 Å². The molecule has 37 heavy (non-hydrogen) atoms. The summed E-state index contributed by atoms with van der Waals surface area (Å²) in [4.78, 5) is 28.5. The number of carbonyl (C=O) groups excluding carboxylic acids is 2. The number of rotatable bonds is 11. The van der Waals surface area contributed by atoms with E-state index in [1.807, 2.05) is 58.0 Å². The highest BCUT2D eigenvalue weighted by Gasteiger charge is 2.33. The fraction of sp³-hybridized carbons (Fsp3) is 0.310. The predicted molar refractivity (Wildman–Crippen MR) is 147 cm³/mol.